The van der Waals surface area contributed by atoms with E-state index < -0.39 is 29.6 Å². The van der Waals surface area contributed by atoms with Crippen LogP contribution >= 0.6 is 11.6 Å². The lowest BCUT2D eigenvalue weighted by molar-refractivity contribution is -0.122. The Kier molecular flexibility index (Phi) is 8.26. The van der Waals surface area contributed by atoms with Crippen LogP contribution in [-0.2, 0) is 20.9 Å². The summed E-state index contributed by atoms with van der Waals surface area (Å²) in [6, 6.07) is 13.7. The van der Waals surface area contributed by atoms with Crippen molar-refractivity contribution in [3.8, 4) is 11.5 Å². The molecule has 200 valence electrons. The number of nitrogens with one attached hydrogen (secondary N) is 1. The molecule has 1 saturated heterocycles. The number of esters is 1. The molecule has 0 bridgehead atoms. The predicted octanol–water partition coefficient (Wildman–Crippen LogP) is 4.91. The van der Waals surface area contributed by atoms with Gasteiger partial charge in [0.15, 0.2) is 11.5 Å². The lowest BCUT2D eigenvalue weighted by atomic mass is 10.1. The Morgan fingerprint density at radius 3 is 2.44 bits per heavy atom. The van der Waals surface area contributed by atoms with Crippen LogP contribution in [0.25, 0.3) is 6.08 Å². The van der Waals surface area contributed by atoms with Crippen molar-refractivity contribution >= 4 is 47.2 Å². The van der Waals surface area contributed by atoms with Gasteiger partial charge >= 0.3 is 12.0 Å². The number of ether oxygens (including phenoxy) is 3. The fourth-order valence-electron chi connectivity index (χ4n) is 3.76. The average Bonchev–Trinajstić information content (AvgIpc) is 2.91. The first-order chi connectivity index (χ1) is 18.7. The number of methoxy groups -OCH3 is 1. The Morgan fingerprint density at radius 1 is 1.05 bits per heavy atom. The van der Waals surface area contributed by atoms with Gasteiger partial charge in [-0.25, -0.2) is 18.9 Å². The van der Waals surface area contributed by atoms with Crippen LogP contribution in [-0.4, -0.2) is 37.5 Å². The summed E-state index contributed by atoms with van der Waals surface area (Å²) in [4.78, 5) is 50.8. The molecule has 1 heterocycles. The summed E-state index contributed by atoms with van der Waals surface area (Å²) in [5.41, 5.74) is 0.638. The van der Waals surface area contributed by atoms with Crippen LogP contribution in [0.1, 0.15) is 28.4 Å². The van der Waals surface area contributed by atoms with Crippen LogP contribution in [0.5, 0.6) is 11.5 Å². The van der Waals surface area contributed by atoms with Crippen LogP contribution < -0.4 is 19.7 Å². The highest BCUT2D eigenvalue weighted by molar-refractivity contribution is 6.39. The number of hydrogen-bond acceptors (Lipinski definition) is 7. The quantitative estimate of drug-likeness (QED) is 0.240. The second-order valence-electron chi connectivity index (χ2n) is 8.14. The number of anilines is 1. The van der Waals surface area contributed by atoms with Gasteiger partial charge in [0.1, 0.15) is 18.0 Å². The molecule has 4 amide bonds. The highest BCUT2D eigenvalue weighted by Gasteiger charge is 2.37. The molecule has 1 aliphatic heterocycles. The summed E-state index contributed by atoms with van der Waals surface area (Å²) in [7, 11) is 1.23. The lowest BCUT2D eigenvalue weighted by Gasteiger charge is -2.26. The average molecular weight is 553 g/mol. The largest absolute Gasteiger partial charge is 0.490 e. The smallest absolute Gasteiger partial charge is 0.337 e. The van der Waals surface area contributed by atoms with Gasteiger partial charge in [-0.1, -0.05) is 29.8 Å². The normalized spacial score (nSPS) is 14.3. The monoisotopic (exact) mass is 552 g/mol. The van der Waals surface area contributed by atoms with Crippen molar-refractivity contribution in [2.75, 3.05) is 18.6 Å². The van der Waals surface area contributed by atoms with E-state index in [0.29, 0.717) is 11.1 Å². The fourth-order valence-corrected chi connectivity index (χ4v) is 4.04. The van der Waals surface area contributed by atoms with Crippen LogP contribution in [0.2, 0.25) is 5.02 Å². The van der Waals surface area contributed by atoms with E-state index in [1.807, 2.05) is 0 Å². The zero-order valence-electron chi connectivity index (χ0n) is 20.8. The maximum absolute atomic E-state index is 14.0. The van der Waals surface area contributed by atoms with Crippen LogP contribution in [0.4, 0.5) is 14.9 Å². The van der Waals surface area contributed by atoms with Crippen molar-refractivity contribution in [3.05, 3.63) is 93.8 Å². The zero-order chi connectivity index (χ0) is 28.1. The SMILES string of the molecule is CCOc1cc(/C=C2\C(=O)NC(=O)N(c3ccc(C(=O)OC)cc3)C2=O)cc(Cl)c1OCc1ccccc1F. The third kappa shape index (κ3) is 5.91. The first kappa shape index (κ1) is 27.3. The van der Waals surface area contributed by atoms with Gasteiger partial charge in [0.2, 0.25) is 0 Å². The minimum Gasteiger partial charge on any atom is -0.490 e. The van der Waals surface area contributed by atoms with Crippen LogP contribution in [0.15, 0.2) is 66.2 Å². The van der Waals surface area contributed by atoms with Crippen LogP contribution in [0.3, 0.4) is 0 Å². The molecule has 9 nitrogen and oxygen atoms in total. The second kappa shape index (κ2) is 11.8. The molecule has 3 aromatic rings. The first-order valence-corrected chi connectivity index (χ1v) is 12.0. The Hall–Kier alpha value is -4.70. The zero-order valence-corrected chi connectivity index (χ0v) is 21.6. The van der Waals surface area contributed by atoms with E-state index in [0.717, 1.165) is 4.90 Å². The summed E-state index contributed by atoms with van der Waals surface area (Å²) < 4.78 is 30.1. The third-order valence-electron chi connectivity index (χ3n) is 5.62. The highest BCUT2D eigenvalue weighted by Crippen LogP contribution is 2.38. The molecule has 39 heavy (non-hydrogen) atoms. The number of rotatable bonds is 8. The summed E-state index contributed by atoms with van der Waals surface area (Å²) >= 11 is 6.45. The Labute approximate surface area is 227 Å². The van der Waals surface area contributed by atoms with Crippen molar-refractivity contribution in [3.63, 3.8) is 0 Å². The molecule has 0 aromatic heterocycles. The van der Waals surface area contributed by atoms with Crippen molar-refractivity contribution in [2.45, 2.75) is 13.5 Å². The molecular weight excluding hydrogens is 531 g/mol. The number of imide groups is 2. The number of benzene rings is 3. The molecular formula is C28H22ClFN2O7. The van der Waals surface area contributed by atoms with Gasteiger partial charge in [-0.15, -0.1) is 0 Å². The molecule has 0 atom stereocenters. The molecule has 0 radical (unpaired) electrons. The maximum Gasteiger partial charge on any atom is 0.337 e. The second-order valence-corrected chi connectivity index (χ2v) is 8.55. The first-order valence-electron chi connectivity index (χ1n) is 11.7. The molecule has 4 rings (SSSR count). The van der Waals surface area contributed by atoms with E-state index in [9.17, 15) is 23.6 Å². The van der Waals surface area contributed by atoms with E-state index in [2.05, 4.69) is 10.1 Å². The van der Waals surface area contributed by atoms with E-state index in [-0.39, 0.29) is 46.6 Å². The number of halogens is 2. The maximum atomic E-state index is 14.0. The van der Waals surface area contributed by atoms with Gasteiger partial charge in [0.05, 0.1) is 30.0 Å². The molecule has 1 aliphatic rings. The van der Waals surface area contributed by atoms with Crippen molar-refractivity contribution in [2.24, 2.45) is 0 Å². The minimum atomic E-state index is -0.946. The highest BCUT2D eigenvalue weighted by atomic mass is 35.5. The van der Waals surface area contributed by atoms with Gasteiger partial charge < -0.3 is 14.2 Å². The molecule has 1 N–H and O–H groups in total. The molecule has 0 aliphatic carbocycles. The molecule has 0 unspecified atom stereocenters. The summed E-state index contributed by atoms with van der Waals surface area (Å²) in [5, 5.41) is 2.23. The number of barbiturate groups is 1. The number of carbonyl (C=O) groups is 4. The van der Waals surface area contributed by atoms with Crippen molar-refractivity contribution in [1.82, 2.24) is 5.32 Å². The fraction of sp³-hybridized carbons (Fsp3) is 0.143. The molecule has 3 aromatic carbocycles. The standard InChI is InChI=1S/C28H22ClFN2O7/c1-3-38-23-14-16(13-21(29)24(23)39-15-18-6-4-5-7-22(18)30)12-20-25(33)31-28(36)32(26(20)34)19-10-8-17(9-11-19)27(35)37-2/h4-14H,3,15H2,1-2H3,(H,31,33,36)/b20-12+. The van der Waals surface area contributed by atoms with Crippen molar-refractivity contribution in [1.29, 1.82) is 0 Å². The topological polar surface area (TPSA) is 111 Å². The van der Waals surface area contributed by atoms with E-state index in [4.69, 9.17) is 21.1 Å². The number of amides is 4. The lowest BCUT2D eigenvalue weighted by Crippen LogP contribution is -2.54. The van der Waals surface area contributed by atoms with Crippen LogP contribution in [0, 0.1) is 5.82 Å². The number of hydrogen-bond donors (Lipinski definition) is 1. The van der Waals surface area contributed by atoms with E-state index in [1.54, 1.807) is 25.1 Å². The summed E-state index contributed by atoms with van der Waals surface area (Å²) in [6.07, 6.45) is 1.26. The van der Waals surface area contributed by atoms with E-state index in [1.165, 1.54) is 55.7 Å². The Morgan fingerprint density at radius 2 is 1.77 bits per heavy atom. The molecule has 0 spiro atoms. The van der Waals surface area contributed by atoms with Gasteiger partial charge in [0.25, 0.3) is 11.8 Å². The number of nitrogens with zero attached hydrogens (tertiary/aromatic N) is 1. The van der Waals surface area contributed by atoms with Gasteiger partial charge in [-0.05, 0) is 61.0 Å². The number of urea groups is 1. The molecule has 0 saturated carbocycles. The van der Waals surface area contributed by atoms with Crippen molar-refractivity contribution < 1.29 is 37.8 Å². The number of carbonyl (C=O) groups excluding carboxylic acids is 4. The van der Waals surface area contributed by atoms with Gasteiger partial charge in [-0.2, -0.15) is 0 Å². The summed E-state index contributed by atoms with van der Waals surface area (Å²) in [6.45, 7) is 1.88. The predicted molar refractivity (Wildman–Crippen MR) is 140 cm³/mol. The third-order valence-corrected chi connectivity index (χ3v) is 5.90. The molecule has 1 fully saturated rings. The molecule has 11 heteroatoms. The van der Waals surface area contributed by atoms with Gasteiger partial charge in [-0.3, -0.25) is 14.9 Å². The van der Waals surface area contributed by atoms with Gasteiger partial charge in [0, 0.05) is 5.56 Å². The Balaban J connectivity index is 1.65. The Bertz CT molecular complexity index is 1490. The summed E-state index contributed by atoms with van der Waals surface area (Å²) in [5.74, 6) is -2.44. The van der Waals surface area contributed by atoms with E-state index >= 15 is 0 Å². The minimum absolute atomic E-state index is 0.0964.